The Balaban J connectivity index is 3.03. The molecular weight excluding hydrogens is 131 g/mol. The molecule has 0 saturated carbocycles. The Kier molecular flexibility index (Phi) is 2.10. The van der Waals surface area contributed by atoms with E-state index in [2.05, 4.69) is 9.98 Å². The minimum Gasteiger partial charge on any atom is -0.294 e. The summed E-state index contributed by atoms with van der Waals surface area (Å²) in [6, 6.07) is 2.90. The van der Waals surface area contributed by atoms with E-state index in [4.69, 9.17) is 0 Å². The molecule has 1 rings (SSSR count). The molecule has 0 fully saturated rings. The number of nitrogens with zero attached hydrogens (tertiary/aromatic N) is 2. The normalized spacial score (nSPS) is 10.6. The molecule has 0 amide bonds. The molecule has 0 saturated heterocycles. The fourth-order valence-electron chi connectivity index (χ4n) is 0.615. The number of hydrogen-bond acceptors (Lipinski definition) is 2. The first-order valence-electron chi connectivity index (χ1n) is 2.87. The number of aliphatic imine (C=N–C) groups is 1. The van der Waals surface area contributed by atoms with Crippen molar-refractivity contribution in [2.45, 2.75) is 0 Å². The number of pyridine rings is 1. The monoisotopic (exact) mass is 138 g/mol. The minimum absolute atomic E-state index is 0.282. The summed E-state index contributed by atoms with van der Waals surface area (Å²) in [5.41, 5.74) is 0.282. The van der Waals surface area contributed by atoms with Gasteiger partial charge < -0.3 is 0 Å². The lowest BCUT2D eigenvalue weighted by atomic mass is 10.3. The van der Waals surface area contributed by atoms with Crippen molar-refractivity contribution in [3.8, 4) is 0 Å². The summed E-state index contributed by atoms with van der Waals surface area (Å²) in [6.07, 6.45) is 2.91. The first-order valence-corrected chi connectivity index (χ1v) is 2.87. The van der Waals surface area contributed by atoms with Crippen LogP contribution in [0.15, 0.2) is 23.3 Å². The van der Waals surface area contributed by atoms with E-state index >= 15 is 0 Å². The third kappa shape index (κ3) is 1.37. The summed E-state index contributed by atoms with van der Waals surface area (Å²) in [7, 11) is 1.58. The van der Waals surface area contributed by atoms with Crippen molar-refractivity contribution in [2.75, 3.05) is 7.05 Å². The number of hydrogen-bond donors (Lipinski definition) is 0. The molecule has 2 nitrogen and oxygen atoms in total. The Bertz CT molecular complexity index is 245. The lowest BCUT2D eigenvalue weighted by Crippen LogP contribution is -1.90. The summed E-state index contributed by atoms with van der Waals surface area (Å²) >= 11 is 0. The van der Waals surface area contributed by atoms with Gasteiger partial charge in [0, 0.05) is 19.5 Å². The predicted molar refractivity (Wildman–Crippen MR) is 37.7 cm³/mol. The summed E-state index contributed by atoms with van der Waals surface area (Å²) in [4.78, 5) is 7.38. The predicted octanol–water partition coefficient (Wildman–Crippen LogP) is 1.27. The Labute approximate surface area is 58.4 Å². The molecule has 52 valence electrons. The van der Waals surface area contributed by atoms with Crippen molar-refractivity contribution < 1.29 is 4.39 Å². The van der Waals surface area contributed by atoms with Crippen LogP contribution in [0.3, 0.4) is 0 Å². The van der Waals surface area contributed by atoms with Crippen LogP contribution in [0, 0.1) is 5.82 Å². The quantitative estimate of drug-likeness (QED) is 0.536. The lowest BCUT2D eigenvalue weighted by Gasteiger charge is -1.90. The van der Waals surface area contributed by atoms with Crippen LogP contribution in [-0.4, -0.2) is 18.2 Å². The second-order valence-electron chi connectivity index (χ2n) is 1.76. The van der Waals surface area contributed by atoms with Gasteiger partial charge in [-0.15, -0.1) is 0 Å². The topological polar surface area (TPSA) is 25.2 Å². The van der Waals surface area contributed by atoms with Crippen molar-refractivity contribution in [2.24, 2.45) is 4.99 Å². The maximum atomic E-state index is 12.6. The number of halogens is 1. The first kappa shape index (κ1) is 6.86. The van der Waals surface area contributed by atoms with E-state index in [-0.39, 0.29) is 11.5 Å². The van der Waals surface area contributed by atoms with E-state index in [0.29, 0.717) is 0 Å². The highest BCUT2D eigenvalue weighted by molar-refractivity contribution is 5.76. The van der Waals surface area contributed by atoms with Gasteiger partial charge >= 0.3 is 0 Å². The summed E-state index contributed by atoms with van der Waals surface area (Å²) < 4.78 is 12.6. The van der Waals surface area contributed by atoms with Gasteiger partial charge in [0.15, 0.2) is 0 Å². The molecule has 0 N–H and O–H groups in total. The lowest BCUT2D eigenvalue weighted by molar-refractivity contribution is 0.619. The third-order valence-electron chi connectivity index (χ3n) is 1.04. The molecule has 0 unspecified atom stereocenters. The van der Waals surface area contributed by atoms with Gasteiger partial charge in [0.05, 0.1) is 0 Å². The molecular formula is C7H7FN2. The maximum absolute atomic E-state index is 12.6. The molecule has 0 atom stereocenters. The second-order valence-corrected chi connectivity index (χ2v) is 1.76. The maximum Gasteiger partial charge on any atom is 0.150 e. The second kappa shape index (κ2) is 3.06. The van der Waals surface area contributed by atoms with Gasteiger partial charge in [-0.2, -0.15) is 0 Å². The SMILES string of the molecule is C/N=C\c1ncccc1F. The highest BCUT2D eigenvalue weighted by Crippen LogP contribution is 1.97. The van der Waals surface area contributed by atoms with E-state index in [1.807, 2.05) is 0 Å². The smallest absolute Gasteiger partial charge is 0.150 e. The highest BCUT2D eigenvalue weighted by Gasteiger charge is 1.95. The largest absolute Gasteiger partial charge is 0.294 e. The van der Waals surface area contributed by atoms with E-state index in [0.717, 1.165) is 0 Å². The highest BCUT2D eigenvalue weighted by atomic mass is 19.1. The first-order chi connectivity index (χ1) is 4.84. The van der Waals surface area contributed by atoms with Gasteiger partial charge in [-0.3, -0.25) is 9.98 Å². The minimum atomic E-state index is -0.340. The van der Waals surface area contributed by atoms with Gasteiger partial charge in [-0.25, -0.2) is 4.39 Å². The third-order valence-corrected chi connectivity index (χ3v) is 1.04. The molecule has 0 bridgehead atoms. The molecule has 1 aromatic rings. The van der Waals surface area contributed by atoms with E-state index in [9.17, 15) is 4.39 Å². The summed E-state index contributed by atoms with van der Waals surface area (Å²) in [5.74, 6) is -0.340. The average molecular weight is 138 g/mol. The molecule has 0 aliphatic rings. The van der Waals surface area contributed by atoms with Gasteiger partial charge in [0.25, 0.3) is 0 Å². The molecule has 1 aromatic heterocycles. The zero-order valence-corrected chi connectivity index (χ0v) is 5.58. The van der Waals surface area contributed by atoms with E-state index < -0.39 is 0 Å². The van der Waals surface area contributed by atoms with Crippen LogP contribution < -0.4 is 0 Å². The van der Waals surface area contributed by atoms with Crippen LogP contribution in [0.4, 0.5) is 4.39 Å². The molecule has 0 aromatic carbocycles. The zero-order chi connectivity index (χ0) is 7.40. The molecule has 0 radical (unpaired) electrons. The molecule has 10 heavy (non-hydrogen) atoms. The number of rotatable bonds is 1. The van der Waals surface area contributed by atoms with E-state index in [1.54, 1.807) is 13.1 Å². The molecule has 0 spiro atoms. The van der Waals surface area contributed by atoms with Crippen LogP contribution in [0.5, 0.6) is 0 Å². The van der Waals surface area contributed by atoms with Crippen LogP contribution in [0.2, 0.25) is 0 Å². The molecule has 3 heteroatoms. The van der Waals surface area contributed by atoms with Gasteiger partial charge in [-0.1, -0.05) is 0 Å². The van der Waals surface area contributed by atoms with Crippen molar-refractivity contribution in [1.29, 1.82) is 0 Å². The molecule has 0 aliphatic heterocycles. The average Bonchev–Trinajstić information content (AvgIpc) is 1.94. The number of aromatic nitrogens is 1. The Morgan fingerprint density at radius 2 is 2.50 bits per heavy atom. The van der Waals surface area contributed by atoms with Crippen LogP contribution >= 0.6 is 0 Å². The van der Waals surface area contributed by atoms with Crippen LogP contribution in [0.25, 0.3) is 0 Å². The van der Waals surface area contributed by atoms with Gasteiger partial charge in [-0.05, 0) is 12.1 Å². The van der Waals surface area contributed by atoms with Crippen molar-refractivity contribution in [3.63, 3.8) is 0 Å². The van der Waals surface area contributed by atoms with Crippen molar-refractivity contribution in [1.82, 2.24) is 4.98 Å². The van der Waals surface area contributed by atoms with Gasteiger partial charge in [0.1, 0.15) is 11.5 Å². The summed E-state index contributed by atoms with van der Waals surface area (Å²) in [5, 5.41) is 0. The Hall–Kier alpha value is -1.25. The van der Waals surface area contributed by atoms with Gasteiger partial charge in [0.2, 0.25) is 0 Å². The Morgan fingerprint density at radius 3 is 3.10 bits per heavy atom. The summed E-state index contributed by atoms with van der Waals surface area (Å²) in [6.45, 7) is 0. The molecule has 0 aliphatic carbocycles. The van der Waals surface area contributed by atoms with E-state index in [1.165, 1.54) is 18.5 Å². The Morgan fingerprint density at radius 1 is 1.70 bits per heavy atom. The fourth-order valence-corrected chi connectivity index (χ4v) is 0.615. The zero-order valence-electron chi connectivity index (χ0n) is 5.58. The fraction of sp³-hybridized carbons (Fsp3) is 0.143. The van der Waals surface area contributed by atoms with Crippen molar-refractivity contribution >= 4 is 6.21 Å². The van der Waals surface area contributed by atoms with Crippen LogP contribution in [-0.2, 0) is 0 Å². The molecule has 1 heterocycles. The van der Waals surface area contributed by atoms with Crippen molar-refractivity contribution in [3.05, 3.63) is 29.8 Å². The van der Waals surface area contributed by atoms with Crippen LogP contribution in [0.1, 0.15) is 5.69 Å². The standard InChI is InChI=1S/C7H7FN2/c1-9-5-7-6(8)3-2-4-10-7/h2-5H,1H3/b9-5-.